The Bertz CT molecular complexity index is 424. The number of carbonyl (C=O) groups excluding carboxylic acids is 1. The molecule has 1 fully saturated rings. The van der Waals surface area contributed by atoms with E-state index in [1.807, 2.05) is 36.0 Å². The minimum atomic E-state index is 0.242. The van der Waals surface area contributed by atoms with Crippen molar-refractivity contribution in [1.29, 1.82) is 0 Å². The van der Waals surface area contributed by atoms with Gasteiger partial charge >= 0.3 is 0 Å². The molecule has 1 aliphatic heterocycles. The van der Waals surface area contributed by atoms with Gasteiger partial charge in [0.2, 0.25) is 0 Å². The monoisotopic (exact) mass is 341 g/mol. The first-order valence-corrected chi connectivity index (χ1v) is 8.45. The lowest BCUT2D eigenvalue weighted by Crippen LogP contribution is -2.41. The lowest BCUT2D eigenvalue weighted by molar-refractivity contribution is 0.0963. The first-order chi connectivity index (χ1) is 9.04. The predicted octanol–water partition coefficient (Wildman–Crippen LogP) is 3.85. The molecule has 2 nitrogen and oxygen atoms in total. The molecule has 0 N–H and O–H groups in total. The number of hydrogen-bond donors (Lipinski definition) is 0. The molecule has 1 aromatic rings. The zero-order valence-corrected chi connectivity index (χ0v) is 13.8. The average molecular weight is 342 g/mol. The van der Waals surface area contributed by atoms with Crippen molar-refractivity contribution in [1.82, 2.24) is 4.90 Å². The predicted molar refractivity (Wildman–Crippen MR) is 86.0 cm³/mol. The highest BCUT2D eigenvalue weighted by atomic mass is 79.9. The third-order valence-electron chi connectivity index (χ3n) is 3.32. The number of benzene rings is 1. The Morgan fingerprint density at radius 1 is 1.26 bits per heavy atom. The fraction of sp³-hybridized carbons (Fsp3) is 0.533. The van der Waals surface area contributed by atoms with E-state index in [2.05, 4.69) is 34.7 Å². The van der Waals surface area contributed by atoms with Crippen molar-refractivity contribution in [3.8, 4) is 0 Å². The van der Waals surface area contributed by atoms with Gasteiger partial charge in [-0.2, -0.15) is 11.8 Å². The van der Waals surface area contributed by atoms with Gasteiger partial charge in [0.15, 0.2) is 5.78 Å². The first kappa shape index (κ1) is 15.1. The topological polar surface area (TPSA) is 20.3 Å². The van der Waals surface area contributed by atoms with Crippen molar-refractivity contribution in [3.05, 3.63) is 34.3 Å². The molecular weight excluding hydrogens is 322 g/mol. The van der Waals surface area contributed by atoms with E-state index in [-0.39, 0.29) is 5.78 Å². The standard InChI is InChI=1S/C15H20BrNOS/c1-11-9-17(10-12(2)19-11)8-7-15(18)13-3-5-14(16)6-4-13/h3-6,11-12H,7-10H2,1-2H3. The van der Waals surface area contributed by atoms with Gasteiger partial charge in [0.1, 0.15) is 0 Å². The fourth-order valence-electron chi connectivity index (χ4n) is 2.51. The van der Waals surface area contributed by atoms with Crippen molar-refractivity contribution in [2.24, 2.45) is 0 Å². The first-order valence-electron chi connectivity index (χ1n) is 6.71. The highest BCUT2D eigenvalue weighted by Crippen LogP contribution is 2.24. The van der Waals surface area contributed by atoms with Crippen LogP contribution < -0.4 is 0 Å². The largest absolute Gasteiger partial charge is 0.301 e. The highest BCUT2D eigenvalue weighted by molar-refractivity contribution is 9.10. The Hall–Kier alpha value is -0.320. The molecule has 0 radical (unpaired) electrons. The summed E-state index contributed by atoms with van der Waals surface area (Å²) in [5, 5.41) is 1.35. The molecule has 2 rings (SSSR count). The number of nitrogens with zero attached hydrogens (tertiary/aromatic N) is 1. The Labute approximate surface area is 128 Å². The van der Waals surface area contributed by atoms with Gasteiger partial charge in [-0.15, -0.1) is 0 Å². The SMILES string of the molecule is CC1CN(CCC(=O)c2ccc(Br)cc2)CC(C)S1. The van der Waals surface area contributed by atoms with Gasteiger partial charge in [-0.3, -0.25) is 4.79 Å². The molecule has 0 saturated carbocycles. The summed E-state index contributed by atoms with van der Waals surface area (Å²) in [7, 11) is 0. The molecule has 1 saturated heterocycles. The van der Waals surface area contributed by atoms with Gasteiger partial charge in [0.25, 0.3) is 0 Å². The van der Waals surface area contributed by atoms with Crippen LogP contribution in [0.25, 0.3) is 0 Å². The molecule has 1 heterocycles. The van der Waals surface area contributed by atoms with Crippen molar-refractivity contribution < 1.29 is 4.79 Å². The lowest BCUT2D eigenvalue weighted by Gasteiger charge is -2.34. The van der Waals surface area contributed by atoms with Gasteiger partial charge in [-0.25, -0.2) is 0 Å². The van der Waals surface area contributed by atoms with Crippen LogP contribution in [0.15, 0.2) is 28.7 Å². The second-order valence-corrected chi connectivity index (χ2v) is 7.99. The van der Waals surface area contributed by atoms with Crippen LogP contribution in [0, 0.1) is 0 Å². The maximum Gasteiger partial charge on any atom is 0.164 e. The van der Waals surface area contributed by atoms with E-state index in [4.69, 9.17) is 0 Å². The number of rotatable bonds is 4. The van der Waals surface area contributed by atoms with Crippen molar-refractivity contribution in [3.63, 3.8) is 0 Å². The Kier molecular flexibility index (Phi) is 5.48. The third-order valence-corrected chi connectivity index (χ3v) is 5.07. The van der Waals surface area contributed by atoms with Crippen LogP contribution >= 0.6 is 27.7 Å². The quantitative estimate of drug-likeness (QED) is 0.776. The molecule has 2 unspecified atom stereocenters. The van der Waals surface area contributed by atoms with E-state index in [1.165, 1.54) is 0 Å². The molecule has 0 aromatic heterocycles. The van der Waals surface area contributed by atoms with E-state index in [0.29, 0.717) is 16.9 Å². The van der Waals surface area contributed by atoms with E-state index >= 15 is 0 Å². The number of halogens is 1. The highest BCUT2D eigenvalue weighted by Gasteiger charge is 2.22. The van der Waals surface area contributed by atoms with Crippen LogP contribution in [0.2, 0.25) is 0 Å². The summed E-state index contributed by atoms with van der Waals surface area (Å²) < 4.78 is 1.01. The number of carbonyl (C=O) groups is 1. The molecule has 4 heteroatoms. The molecule has 2 atom stereocenters. The average Bonchev–Trinajstić information content (AvgIpc) is 2.36. The second kappa shape index (κ2) is 6.91. The molecular formula is C15H20BrNOS. The Morgan fingerprint density at radius 3 is 2.42 bits per heavy atom. The third kappa shape index (κ3) is 4.62. The van der Waals surface area contributed by atoms with Gasteiger partial charge in [-0.05, 0) is 12.1 Å². The second-order valence-electron chi connectivity index (χ2n) is 5.20. The minimum absolute atomic E-state index is 0.242. The van der Waals surface area contributed by atoms with Crippen molar-refractivity contribution in [2.45, 2.75) is 30.8 Å². The summed E-state index contributed by atoms with van der Waals surface area (Å²) in [6, 6.07) is 7.64. The fourth-order valence-corrected chi connectivity index (χ4v) is 4.16. The zero-order valence-electron chi connectivity index (χ0n) is 11.4. The normalized spacial score (nSPS) is 24.4. The Balaban J connectivity index is 1.84. The van der Waals surface area contributed by atoms with Crippen LogP contribution in [-0.4, -0.2) is 40.8 Å². The number of Topliss-reactive ketones (excluding diaryl/α,β-unsaturated/α-hetero) is 1. The number of ketones is 1. The van der Waals surface area contributed by atoms with E-state index in [0.717, 1.165) is 29.7 Å². The van der Waals surface area contributed by atoms with Crippen molar-refractivity contribution >= 4 is 33.5 Å². The molecule has 0 spiro atoms. The minimum Gasteiger partial charge on any atom is -0.301 e. The summed E-state index contributed by atoms with van der Waals surface area (Å²) >= 11 is 5.43. The van der Waals surface area contributed by atoms with E-state index < -0.39 is 0 Å². The molecule has 1 aromatic carbocycles. The smallest absolute Gasteiger partial charge is 0.164 e. The Morgan fingerprint density at radius 2 is 1.84 bits per heavy atom. The maximum atomic E-state index is 12.1. The van der Waals surface area contributed by atoms with E-state index in [9.17, 15) is 4.79 Å². The maximum absolute atomic E-state index is 12.1. The van der Waals surface area contributed by atoms with Crippen LogP contribution in [0.1, 0.15) is 30.6 Å². The molecule has 0 amide bonds. The summed E-state index contributed by atoms with van der Waals surface area (Å²) in [5.41, 5.74) is 0.815. The van der Waals surface area contributed by atoms with Crippen LogP contribution in [0.3, 0.4) is 0 Å². The summed E-state index contributed by atoms with van der Waals surface area (Å²) in [4.78, 5) is 14.5. The number of thioether (sulfide) groups is 1. The van der Waals surface area contributed by atoms with Gasteiger partial charge in [-0.1, -0.05) is 41.9 Å². The van der Waals surface area contributed by atoms with Crippen LogP contribution in [-0.2, 0) is 0 Å². The number of hydrogen-bond acceptors (Lipinski definition) is 3. The van der Waals surface area contributed by atoms with Crippen molar-refractivity contribution in [2.75, 3.05) is 19.6 Å². The van der Waals surface area contributed by atoms with Crippen LogP contribution in [0.5, 0.6) is 0 Å². The summed E-state index contributed by atoms with van der Waals surface area (Å²) in [6.07, 6.45) is 0.617. The molecule has 104 valence electrons. The van der Waals surface area contributed by atoms with Gasteiger partial charge in [0, 0.05) is 46.6 Å². The van der Waals surface area contributed by atoms with Gasteiger partial charge in [0.05, 0.1) is 0 Å². The van der Waals surface area contributed by atoms with E-state index in [1.54, 1.807) is 0 Å². The van der Waals surface area contributed by atoms with Gasteiger partial charge < -0.3 is 4.90 Å². The molecule has 1 aliphatic rings. The summed E-state index contributed by atoms with van der Waals surface area (Å²) in [6.45, 7) is 7.61. The summed E-state index contributed by atoms with van der Waals surface area (Å²) in [5.74, 6) is 0.242. The molecule has 0 aliphatic carbocycles. The lowest BCUT2D eigenvalue weighted by atomic mass is 10.1. The molecule has 19 heavy (non-hydrogen) atoms. The van der Waals surface area contributed by atoms with Crippen LogP contribution in [0.4, 0.5) is 0 Å². The zero-order chi connectivity index (χ0) is 13.8. The molecule has 0 bridgehead atoms.